The third-order valence-corrected chi connectivity index (χ3v) is 4.38. The van der Waals surface area contributed by atoms with Crippen LogP contribution in [-0.4, -0.2) is 36.6 Å². The van der Waals surface area contributed by atoms with Crippen molar-refractivity contribution in [3.05, 3.63) is 16.1 Å². The molecule has 1 saturated heterocycles. The lowest BCUT2D eigenvalue weighted by Gasteiger charge is -2.31. The summed E-state index contributed by atoms with van der Waals surface area (Å²) in [6.07, 6.45) is 4.04. The highest BCUT2D eigenvalue weighted by Gasteiger charge is 2.19. The molecule has 0 amide bonds. The van der Waals surface area contributed by atoms with E-state index in [1.165, 1.54) is 43.1 Å². The molecule has 0 unspecified atom stereocenters. The summed E-state index contributed by atoms with van der Waals surface area (Å²) in [7, 11) is 2.04. The minimum atomic E-state index is 0. The quantitative estimate of drug-likeness (QED) is 0.903. The van der Waals surface area contributed by atoms with Crippen LogP contribution in [0, 0.1) is 12.8 Å². The van der Waals surface area contributed by atoms with Gasteiger partial charge < -0.3 is 5.32 Å². The molecule has 104 valence electrons. The van der Waals surface area contributed by atoms with Crippen LogP contribution in [0.15, 0.2) is 5.38 Å². The van der Waals surface area contributed by atoms with Crippen LogP contribution in [0.5, 0.6) is 0 Å². The van der Waals surface area contributed by atoms with Crippen LogP contribution >= 0.6 is 23.7 Å². The van der Waals surface area contributed by atoms with Gasteiger partial charge in [-0.15, -0.1) is 23.7 Å². The zero-order valence-corrected chi connectivity index (χ0v) is 12.9. The Morgan fingerprint density at radius 2 is 2.17 bits per heavy atom. The number of halogens is 1. The molecule has 1 aromatic heterocycles. The van der Waals surface area contributed by atoms with Gasteiger partial charge >= 0.3 is 0 Å². The number of hydrogen-bond donors (Lipinski definition) is 1. The maximum absolute atomic E-state index is 4.54. The Morgan fingerprint density at radius 3 is 2.72 bits per heavy atom. The standard InChI is InChI=1S/C13H23N3S.ClH/c1-11-15-13(10-17-11)9-16-7-4-12(5-8-16)3-6-14-2;/h10,12,14H,3-9H2,1-2H3;1H. The topological polar surface area (TPSA) is 28.2 Å². The molecule has 2 rings (SSSR count). The first-order valence-corrected chi connectivity index (χ1v) is 7.44. The highest BCUT2D eigenvalue weighted by Crippen LogP contribution is 2.21. The second kappa shape index (κ2) is 8.10. The molecule has 5 heteroatoms. The van der Waals surface area contributed by atoms with Crippen molar-refractivity contribution < 1.29 is 0 Å². The molecule has 0 radical (unpaired) electrons. The van der Waals surface area contributed by atoms with Crippen molar-refractivity contribution in [1.29, 1.82) is 0 Å². The van der Waals surface area contributed by atoms with Crippen LogP contribution in [0.3, 0.4) is 0 Å². The maximum atomic E-state index is 4.54. The van der Waals surface area contributed by atoms with Crippen LogP contribution < -0.4 is 5.32 Å². The molecule has 1 aliphatic rings. The molecule has 1 fully saturated rings. The van der Waals surface area contributed by atoms with Crippen molar-refractivity contribution >= 4 is 23.7 Å². The summed E-state index contributed by atoms with van der Waals surface area (Å²) in [5, 5.41) is 6.63. The van der Waals surface area contributed by atoms with Crippen LogP contribution in [0.2, 0.25) is 0 Å². The average Bonchev–Trinajstić information content (AvgIpc) is 2.74. The van der Waals surface area contributed by atoms with Gasteiger partial charge in [-0.3, -0.25) is 4.90 Å². The Hall–Kier alpha value is -0.160. The van der Waals surface area contributed by atoms with E-state index in [1.54, 1.807) is 11.3 Å². The minimum absolute atomic E-state index is 0. The molecule has 0 atom stereocenters. The Morgan fingerprint density at radius 1 is 1.44 bits per heavy atom. The van der Waals surface area contributed by atoms with Crippen LogP contribution in [0.4, 0.5) is 0 Å². The van der Waals surface area contributed by atoms with Gasteiger partial charge in [0.1, 0.15) is 0 Å². The van der Waals surface area contributed by atoms with Crippen LogP contribution in [0.25, 0.3) is 0 Å². The predicted octanol–water partition coefficient (Wildman–Crippen LogP) is 2.69. The number of aryl methyl sites for hydroxylation is 1. The van der Waals surface area contributed by atoms with Gasteiger partial charge in [-0.2, -0.15) is 0 Å². The number of aromatic nitrogens is 1. The van der Waals surface area contributed by atoms with E-state index in [4.69, 9.17) is 0 Å². The second-order valence-corrected chi connectivity index (χ2v) is 6.03. The monoisotopic (exact) mass is 289 g/mol. The molecule has 1 N–H and O–H groups in total. The van der Waals surface area contributed by atoms with Crippen molar-refractivity contribution in [2.24, 2.45) is 5.92 Å². The Labute approximate surface area is 120 Å². The summed E-state index contributed by atoms with van der Waals surface area (Å²) >= 11 is 1.76. The molecule has 1 aliphatic heterocycles. The molecule has 0 saturated carbocycles. The predicted molar refractivity (Wildman–Crippen MR) is 80.6 cm³/mol. The maximum Gasteiger partial charge on any atom is 0.0897 e. The van der Waals surface area contributed by atoms with Gasteiger partial charge in [0.15, 0.2) is 0 Å². The lowest BCUT2D eigenvalue weighted by atomic mass is 9.93. The van der Waals surface area contributed by atoms with Gasteiger partial charge in [0.05, 0.1) is 10.7 Å². The first kappa shape index (κ1) is 15.9. The van der Waals surface area contributed by atoms with Crippen LogP contribution in [-0.2, 0) is 6.54 Å². The van der Waals surface area contributed by atoms with Crippen molar-refractivity contribution in [3.8, 4) is 0 Å². The lowest BCUT2D eigenvalue weighted by Crippen LogP contribution is -2.34. The third-order valence-electron chi connectivity index (χ3n) is 3.56. The first-order chi connectivity index (χ1) is 8.28. The van der Waals surface area contributed by atoms with Crippen LogP contribution in [0.1, 0.15) is 30.0 Å². The number of thiazole rings is 1. The molecule has 3 nitrogen and oxygen atoms in total. The lowest BCUT2D eigenvalue weighted by molar-refractivity contribution is 0.171. The largest absolute Gasteiger partial charge is 0.320 e. The molecule has 2 heterocycles. The molecular weight excluding hydrogens is 266 g/mol. The van der Waals surface area contributed by atoms with Gasteiger partial charge in [0, 0.05) is 11.9 Å². The number of nitrogens with zero attached hydrogens (tertiary/aromatic N) is 2. The zero-order chi connectivity index (χ0) is 12.1. The molecular formula is C13H24ClN3S. The SMILES string of the molecule is CNCCC1CCN(Cc2csc(C)n2)CC1.Cl. The second-order valence-electron chi connectivity index (χ2n) is 4.97. The molecule has 0 aliphatic carbocycles. The van der Waals surface area contributed by atoms with Crippen molar-refractivity contribution in [3.63, 3.8) is 0 Å². The van der Waals surface area contributed by atoms with Gasteiger partial charge in [-0.1, -0.05) is 0 Å². The van der Waals surface area contributed by atoms with Gasteiger partial charge in [-0.25, -0.2) is 4.98 Å². The Balaban J connectivity index is 0.00000162. The summed E-state index contributed by atoms with van der Waals surface area (Å²) in [6.45, 7) is 6.77. The van der Waals surface area contributed by atoms with Crippen molar-refractivity contribution in [2.75, 3.05) is 26.7 Å². The summed E-state index contributed by atoms with van der Waals surface area (Å²) < 4.78 is 0. The van der Waals surface area contributed by atoms with E-state index in [0.29, 0.717) is 0 Å². The van der Waals surface area contributed by atoms with E-state index in [2.05, 4.69) is 27.5 Å². The normalized spacial score (nSPS) is 17.7. The minimum Gasteiger partial charge on any atom is -0.320 e. The average molecular weight is 290 g/mol. The highest BCUT2D eigenvalue weighted by molar-refractivity contribution is 7.09. The molecule has 1 aromatic rings. The highest BCUT2D eigenvalue weighted by atomic mass is 35.5. The fourth-order valence-electron chi connectivity index (χ4n) is 2.49. The van der Waals surface area contributed by atoms with Gasteiger partial charge in [0.2, 0.25) is 0 Å². The Kier molecular flexibility index (Phi) is 7.15. The summed E-state index contributed by atoms with van der Waals surface area (Å²) in [5.74, 6) is 0.927. The molecule has 0 spiro atoms. The van der Waals surface area contributed by atoms with Gasteiger partial charge in [0.25, 0.3) is 0 Å². The first-order valence-electron chi connectivity index (χ1n) is 6.56. The number of likely N-dealkylation sites (tertiary alicyclic amines) is 1. The smallest absolute Gasteiger partial charge is 0.0897 e. The van der Waals surface area contributed by atoms with Crippen molar-refractivity contribution in [2.45, 2.75) is 32.7 Å². The van der Waals surface area contributed by atoms with E-state index in [0.717, 1.165) is 19.0 Å². The number of hydrogen-bond acceptors (Lipinski definition) is 4. The molecule has 0 bridgehead atoms. The van der Waals surface area contributed by atoms with Crippen molar-refractivity contribution in [1.82, 2.24) is 15.2 Å². The summed E-state index contributed by atoms with van der Waals surface area (Å²) in [6, 6.07) is 0. The fraction of sp³-hybridized carbons (Fsp3) is 0.769. The Bertz CT molecular complexity index is 335. The number of piperidine rings is 1. The fourth-order valence-corrected chi connectivity index (χ4v) is 3.10. The van der Waals surface area contributed by atoms with E-state index in [-0.39, 0.29) is 12.4 Å². The summed E-state index contributed by atoms with van der Waals surface area (Å²) in [5.41, 5.74) is 1.25. The zero-order valence-electron chi connectivity index (χ0n) is 11.3. The number of nitrogens with one attached hydrogen (secondary N) is 1. The van der Waals surface area contributed by atoms with E-state index >= 15 is 0 Å². The van der Waals surface area contributed by atoms with E-state index in [1.807, 2.05) is 7.05 Å². The molecule has 0 aromatic carbocycles. The summed E-state index contributed by atoms with van der Waals surface area (Å²) in [4.78, 5) is 7.09. The third kappa shape index (κ3) is 4.84. The van der Waals surface area contributed by atoms with Gasteiger partial charge in [-0.05, 0) is 58.8 Å². The van der Waals surface area contributed by atoms with E-state index < -0.39 is 0 Å². The van der Waals surface area contributed by atoms with E-state index in [9.17, 15) is 0 Å². The number of rotatable bonds is 5. The molecule has 18 heavy (non-hydrogen) atoms.